The summed E-state index contributed by atoms with van der Waals surface area (Å²) in [7, 11) is 4.17. The third kappa shape index (κ3) is 7.92. The van der Waals surface area contributed by atoms with Gasteiger partial charge in [0.1, 0.15) is 0 Å². The first-order chi connectivity index (χ1) is 4.27. The van der Waals surface area contributed by atoms with Crippen LogP contribution in [0.2, 0.25) is 0 Å². The molecule has 55 valence electrons. The van der Waals surface area contributed by atoms with Crippen LogP contribution in [-0.4, -0.2) is 32.1 Å². The average Bonchev–Trinajstić information content (AvgIpc) is 1.80. The summed E-state index contributed by atoms with van der Waals surface area (Å²) in [4.78, 5) is 2.18. The van der Waals surface area contributed by atoms with Gasteiger partial charge in [0.2, 0.25) is 0 Å². The molecule has 0 aromatic carbocycles. The van der Waals surface area contributed by atoms with Gasteiger partial charge in [-0.1, -0.05) is 6.42 Å². The predicted molar refractivity (Wildman–Crippen MR) is 40.4 cm³/mol. The molecule has 0 fully saturated rings. The minimum atomic E-state index is 0.591. The van der Waals surface area contributed by atoms with Crippen LogP contribution in [0.4, 0.5) is 0 Å². The van der Waals surface area contributed by atoms with E-state index < -0.39 is 0 Å². The van der Waals surface area contributed by atoms with Crippen molar-refractivity contribution >= 4 is 0 Å². The Balaban J connectivity index is 2.75. The summed E-state index contributed by atoms with van der Waals surface area (Å²) in [6.07, 6.45) is 3.52. The topological polar surface area (TPSA) is 27.0 Å². The zero-order valence-electron chi connectivity index (χ0n) is 6.48. The Hall–Kier alpha value is -0.0800. The van der Waals surface area contributed by atoms with Crippen LogP contribution in [0.15, 0.2) is 0 Å². The lowest BCUT2D eigenvalue weighted by Crippen LogP contribution is -2.12. The van der Waals surface area contributed by atoms with E-state index in [0.717, 1.165) is 6.42 Å². The molecule has 0 aliphatic rings. The van der Waals surface area contributed by atoms with E-state index in [-0.39, 0.29) is 0 Å². The van der Waals surface area contributed by atoms with Gasteiger partial charge >= 0.3 is 0 Å². The van der Waals surface area contributed by atoms with Gasteiger partial charge in [-0.25, -0.2) is 0 Å². The number of unbranched alkanes of at least 4 members (excludes halogenated alkanes) is 2. The Kier molecular flexibility index (Phi) is 5.99. The highest BCUT2D eigenvalue weighted by atomic mass is 15.0. The summed E-state index contributed by atoms with van der Waals surface area (Å²) >= 11 is 0. The second-order valence-corrected chi connectivity index (χ2v) is 2.61. The first kappa shape index (κ1) is 8.92. The van der Waals surface area contributed by atoms with Crippen LogP contribution >= 0.6 is 0 Å². The standard InChI is InChI=1S/C7H17N2/c1-9(2)7-5-3-4-6-8/h8H,3-7H2,1-2H3. The van der Waals surface area contributed by atoms with Crippen molar-refractivity contribution in [2.45, 2.75) is 19.3 Å². The van der Waals surface area contributed by atoms with E-state index in [2.05, 4.69) is 19.0 Å². The molecule has 0 aliphatic carbocycles. The summed E-state index contributed by atoms with van der Waals surface area (Å²) < 4.78 is 0. The molecule has 0 bridgehead atoms. The lowest BCUT2D eigenvalue weighted by molar-refractivity contribution is 0.392. The lowest BCUT2D eigenvalue weighted by atomic mass is 10.2. The van der Waals surface area contributed by atoms with Gasteiger partial charge in [-0.2, -0.15) is 0 Å². The Morgan fingerprint density at radius 2 is 1.78 bits per heavy atom. The molecule has 0 aromatic rings. The minimum absolute atomic E-state index is 0.591. The molecule has 0 rings (SSSR count). The first-order valence-electron chi connectivity index (χ1n) is 3.56. The van der Waals surface area contributed by atoms with Crippen molar-refractivity contribution in [3.05, 3.63) is 0 Å². The van der Waals surface area contributed by atoms with E-state index in [1.165, 1.54) is 19.4 Å². The second kappa shape index (κ2) is 6.05. The predicted octanol–water partition coefficient (Wildman–Crippen LogP) is 1.00. The van der Waals surface area contributed by atoms with Crippen LogP contribution in [0.3, 0.4) is 0 Å². The molecule has 1 radical (unpaired) electrons. The van der Waals surface area contributed by atoms with Crippen LogP contribution in [-0.2, 0) is 0 Å². The zero-order chi connectivity index (χ0) is 7.11. The van der Waals surface area contributed by atoms with Gasteiger partial charge in [0, 0.05) is 6.54 Å². The van der Waals surface area contributed by atoms with Crippen molar-refractivity contribution < 1.29 is 0 Å². The van der Waals surface area contributed by atoms with E-state index in [9.17, 15) is 0 Å². The fraction of sp³-hybridized carbons (Fsp3) is 1.00. The maximum Gasteiger partial charge on any atom is 0.00997 e. The van der Waals surface area contributed by atoms with Crippen molar-refractivity contribution in [2.75, 3.05) is 27.2 Å². The van der Waals surface area contributed by atoms with Gasteiger partial charge in [0.25, 0.3) is 0 Å². The molecule has 0 amide bonds. The molecule has 0 atom stereocenters. The highest BCUT2D eigenvalue weighted by molar-refractivity contribution is 4.45. The fourth-order valence-corrected chi connectivity index (χ4v) is 0.730. The molecule has 1 N–H and O–H groups in total. The Morgan fingerprint density at radius 1 is 1.11 bits per heavy atom. The van der Waals surface area contributed by atoms with E-state index in [1.54, 1.807) is 0 Å². The fourth-order valence-electron chi connectivity index (χ4n) is 0.730. The average molecular weight is 129 g/mol. The molecule has 0 saturated heterocycles. The monoisotopic (exact) mass is 129 g/mol. The SMILES string of the molecule is CN(C)CCCCC[NH]. The molecule has 9 heavy (non-hydrogen) atoms. The molecule has 2 heteroatoms. The molecule has 2 nitrogen and oxygen atoms in total. The summed E-state index contributed by atoms with van der Waals surface area (Å²) in [6.45, 7) is 1.76. The maximum absolute atomic E-state index is 6.87. The van der Waals surface area contributed by atoms with Crippen LogP contribution < -0.4 is 5.73 Å². The van der Waals surface area contributed by atoms with Crippen molar-refractivity contribution in [3.63, 3.8) is 0 Å². The third-order valence-electron chi connectivity index (χ3n) is 1.28. The maximum atomic E-state index is 6.87. The molecular weight excluding hydrogens is 112 g/mol. The van der Waals surface area contributed by atoms with Crippen molar-refractivity contribution in [2.24, 2.45) is 0 Å². The summed E-state index contributed by atoms with van der Waals surface area (Å²) in [5, 5.41) is 0. The molecule has 0 heterocycles. The molecule has 0 aliphatic heterocycles. The van der Waals surface area contributed by atoms with E-state index in [0.29, 0.717) is 6.54 Å². The number of rotatable bonds is 5. The zero-order valence-corrected chi connectivity index (χ0v) is 6.48. The second-order valence-electron chi connectivity index (χ2n) is 2.61. The Bertz CT molecular complexity index is 52.9. The van der Waals surface area contributed by atoms with Gasteiger partial charge in [-0.15, -0.1) is 0 Å². The van der Waals surface area contributed by atoms with Gasteiger partial charge in [-0.3, -0.25) is 5.73 Å². The van der Waals surface area contributed by atoms with Crippen molar-refractivity contribution in [3.8, 4) is 0 Å². The largest absolute Gasteiger partial charge is 0.309 e. The number of nitrogens with one attached hydrogen (secondary N) is 1. The molecule has 0 spiro atoms. The molecule has 0 saturated carbocycles. The van der Waals surface area contributed by atoms with E-state index in [1.807, 2.05) is 0 Å². The number of hydrogen-bond acceptors (Lipinski definition) is 1. The Morgan fingerprint density at radius 3 is 2.22 bits per heavy atom. The summed E-state index contributed by atoms with van der Waals surface area (Å²) in [6, 6.07) is 0. The number of nitrogens with zero attached hydrogens (tertiary/aromatic N) is 1. The van der Waals surface area contributed by atoms with Gasteiger partial charge in [0.05, 0.1) is 0 Å². The quantitative estimate of drug-likeness (QED) is 0.509. The highest BCUT2D eigenvalue weighted by Crippen LogP contribution is 1.93. The minimum Gasteiger partial charge on any atom is -0.309 e. The molecule has 0 unspecified atom stereocenters. The summed E-state index contributed by atoms with van der Waals surface area (Å²) in [5.74, 6) is 0. The molecular formula is C7H17N2. The first-order valence-corrected chi connectivity index (χ1v) is 3.56. The summed E-state index contributed by atoms with van der Waals surface area (Å²) in [5.41, 5.74) is 6.87. The van der Waals surface area contributed by atoms with Crippen LogP contribution in [0, 0.1) is 0 Å². The van der Waals surface area contributed by atoms with Crippen LogP contribution in [0.1, 0.15) is 19.3 Å². The molecule has 0 aromatic heterocycles. The van der Waals surface area contributed by atoms with Crippen LogP contribution in [0.25, 0.3) is 0 Å². The third-order valence-corrected chi connectivity index (χ3v) is 1.28. The van der Waals surface area contributed by atoms with E-state index >= 15 is 0 Å². The Labute approximate surface area is 58.0 Å². The highest BCUT2D eigenvalue weighted by Gasteiger charge is 1.88. The smallest absolute Gasteiger partial charge is 0.00997 e. The van der Waals surface area contributed by atoms with E-state index in [4.69, 9.17) is 5.73 Å². The van der Waals surface area contributed by atoms with Crippen molar-refractivity contribution in [1.82, 2.24) is 10.6 Å². The van der Waals surface area contributed by atoms with Crippen molar-refractivity contribution in [1.29, 1.82) is 0 Å². The normalized spacial score (nSPS) is 10.7. The van der Waals surface area contributed by atoms with Gasteiger partial charge < -0.3 is 4.90 Å². The lowest BCUT2D eigenvalue weighted by Gasteiger charge is -2.07. The van der Waals surface area contributed by atoms with Gasteiger partial charge in [-0.05, 0) is 33.5 Å². The van der Waals surface area contributed by atoms with Crippen LogP contribution in [0.5, 0.6) is 0 Å². The van der Waals surface area contributed by atoms with Gasteiger partial charge in [0.15, 0.2) is 0 Å². The number of hydrogen-bond donors (Lipinski definition) is 0.